The first-order valence-corrected chi connectivity index (χ1v) is 4.72. The minimum atomic E-state index is 0.715. The Morgan fingerprint density at radius 3 is 2.85 bits per heavy atom. The SMILES string of the molecule is Cc1cc(N)c2cc(C#N)sc2c1. The third-order valence-electron chi connectivity index (χ3n) is 1.92. The number of fused-ring (bicyclic) bond motifs is 1. The highest BCUT2D eigenvalue weighted by molar-refractivity contribution is 7.19. The van der Waals surface area contributed by atoms with Crippen molar-refractivity contribution < 1.29 is 0 Å². The van der Waals surface area contributed by atoms with E-state index in [-0.39, 0.29) is 0 Å². The van der Waals surface area contributed by atoms with Crippen LogP contribution in [0.15, 0.2) is 18.2 Å². The summed E-state index contributed by atoms with van der Waals surface area (Å²) < 4.78 is 1.09. The number of benzene rings is 1. The number of thiophene rings is 1. The molecule has 0 aliphatic carbocycles. The average molecular weight is 188 g/mol. The summed E-state index contributed by atoms with van der Waals surface area (Å²) in [7, 11) is 0. The van der Waals surface area contributed by atoms with Gasteiger partial charge in [0.2, 0.25) is 0 Å². The van der Waals surface area contributed by atoms with Crippen LogP contribution in [0.5, 0.6) is 0 Å². The molecule has 2 nitrogen and oxygen atoms in total. The maximum atomic E-state index is 8.72. The minimum absolute atomic E-state index is 0.715. The van der Waals surface area contributed by atoms with Gasteiger partial charge in [0.1, 0.15) is 10.9 Å². The molecule has 0 atom stereocenters. The van der Waals surface area contributed by atoms with E-state index in [0.29, 0.717) is 4.88 Å². The summed E-state index contributed by atoms with van der Waals surface area (Å²) in [5.74, 6) is 0. The normalized spacial score (nSPS) is 10.2. The van der Waals surface area contributed by atoms with E-state index in [1.165, 1.54) is 11.3 Å². The van der Waals surface area contributed by atoms with E-state index >= 15 is 0 Å². The molecule has 1 heterocycles. The smallest absolute Gasteiger partial charge is 0.110 e. The molecule has 2 rings (SSSR count). The Kier molecular flexibility index (Phi) is 1.71. The lowest BCUT2D eigenvalue weighted by atomic mass is 10.1. The standard InChI is InChI=1S/C10H8N2S/c1-6-2-9(12)8-4-7(5-11)13-10(8)3-6/h2-4H,12H2,1H3. The van der Waals surface area contributed by atoms with E-state index in [9.17, 15) is 0 Å². The number of rotatable bonds is 0. The van der Waals surface area contributed by atoms with Gasteiger partial charge in [-0.15, -0.1) is 11.3 Å². The zero-order valence-electron chi connectivity index (χ0n) is 7.16. The summed E-state index contributed by atoms with van der Waals surface area (Å²) in [5.41, 5.74) is 7.72. The Labute approximate surface area is 80.2 Å². The molecule has 0 aliphatic rings. The van der Waals surface area contributed by atoms with Gasteiger partial charge in [-0.3, -0.25) is 0 Å². The lowest BCUT2D eigenvalue weighted by molar-refractivity contribution is 1.51. The number of nitriles is 1. The molecule has 0 bridgehead atoms. The van der Waals surface area contributed by atoms with Crippen molar-refractivity contribution in [2.75, 3.05) is 5.73 Å². The van der Waals surface area contributed by atoms with Crippen LogP contribution in [0, 0.1) is 18.3 Å². The monoisotopic (exact) mass is 188 g/mol. The van der Waals surface area contributed by atoms with E-state index in [1.807, 2.05) is 19.1 Å². The summed E-state index contributed by atoms with van der Waals surface area (Å²) in [5, 5.41) is 9.71. The van der Waals surface area contributed by atoms with Crippen molar-refractivity contribution in [3.05, 3.63) is 28.6 Å². The molecule has 0 aliphatic heterocycles. The highest BCUT2D eigenvalue weighted by atomic mass is 32.1. The average Bonchev–Trinajstić information content (AvgIpc) is 2.47. The zero-order valence-corrected chi connectivity index (χ0v) is 7.98. The molecule has 0 spiro atoms. The lowest BCUT2D eigenvalue weighted by Crippen LogP contribution is -1.85. The van der Waals surface area contributed by atoms with Crippen LogP contribution in [0.4, 0.5) is 5.69 Å². The molecule has 0 unspecified atom stereocenters. The maximum Gasteiger partial charge on any atom is 0.110 e. The van der Waals surface area contributed by atoms with Gasteiger partial charge in [0.15, 0.2) is 0 Å². The van der Waals surface area contributed by atoms with Gasteiger partial charge in [0.25, 0.3) is 0 Å². The van der Waals surface area contributed by atoms with Gasteiger partial charge in [0, 0.05) is 15.8 Å². The van der Waals surface area contributed by atoms with Gasteiger partial charge < -0.3 is 5.73 Å². The third kappa shape index (κ3) is 1.25. The number of hydrogen-bond acceptors (Lipinski definition) is 3. The van der Waals surface area contributed by atoms with Crippen molar-refractivity contribution in [3.63, 3.8) is 0 Å². The molecule has 0 fully saturated rings. The Balaban J connectivity index is 2.84. The molecule has 1 aromatic carbocycles. The molecule has 13 heavy (non-hydrogen) atoms. The van der Waals surface area contributed by atoms with Crippen LogP contribution in [-0.2, 0) is 0 Å². The number of hydrogen-bond donors (Lipinski definition) is 1. The molecular formula is C10H8N2S. The molecular weight excluding hydrogens is 180 g/mol. The highest BCUT2D eigenvalue weighted by Crippen LogP contribution is 2.30. The van der Waals surface area contributed by atoms with E-state index in [4.69, 9.17) is 11.0 Å². The second-order valence-electron chi connectivity index (χ2n) is 2.99. The second-order valence-corrected chi connectivity index (χ2v) is 4.07. The van der Waals surface area contributed by atoms with Gasteiger partial charge in [-0.1, -0.05) is 0 Å². The largest absolute Gasteiger partial charge is 0.398 e. The number of anilines is 1. The van der Waals surface area contributed by atoms with Crippen LogP contribution in [-0.4, -0.2) is 0 Å². The van der Waals surface area contributed by atoms with Crippen LogP contribution >= 0.6 is 11.3 Å². The van der Waals surface area contributed by atoms with Crippen LogP contribution in [0.25, 0.3) is 10.1 Å². The van der Waals surface area contributed by atoms with E-state index in [1.54, 1.807) is 0 Å². The van der Waals surface area contributed by atoms with E-state index < -0.39 is 0 Å². The topological polar surface area (TPSA) is 49.8 Å². The molecule has 0 saturated heterocycles. The number of aryl methyl sites for hydroxylation is 1. The Morgan fingerprint density at radius 1 is 1.38 bits per heavy atom. The van der Waals surface area contributed by atoms with Gasteiger partial charge in [0.05, 0.1) is 0 Å². The van der Waals surface area contributed by atoms with Crippen LogP contribution in [0.3, 0.4) is 0 Å². The number of nitrogens with two attached hydrogens (primary N) is 1. The quantitative estimate of drug-likeness (QED) is 0.646. The van der Waals surface area contributed by atoms with Crippen molar-refractivity contribution >= 4 is 27.1 Å². The van der Waals surface area contributed by atoms with Crippen LogP contribution < -0.4 is 5.73 Å². The molecule has 3 heteroatoms. The predicted molar refractivity (Wildman–Crippen MR) is 55.7 cm³/mol. The molecule has 1 aromatic heterocycles. The number of nitrogen functional groups attached to an aromatic ring is 1. The zero-order chi connectivity index (χ0) is 9.42. The van der Waals surface area contributed by atoms with Crippen molar-refractivity contribution in [2.45, 2.75) is 6.92 Å². The van der Waals surface area contributed by atoms with Gasteiger partial charge in [-0.2, -0.15) is 5.26 Å². The van der Waals surface area contributed by atoms with Gasteiger partial charge >= 0.3 is 0 Å². The Hall–Kier alpha value is -1.53. The fourth-order valence-electron chi connectivity index (χ4n) is 1.36. The van der Waals surface area contributed by atoms with Crippen LogP contribution in [0.2, 0.25) is 0 Å². The molecule has 0 radical (unpaired) electrons. The highest BCUT2D eigenvalue weighted by Gasteiger charge is 2.04. The lowest BCUT2D eigenvalue weighted by Gasteiger charge is -1.97. The Morgan fingerprint density at radius 2 is 2.15 bits per heavy atom. The van der Waals surface area contributed by atoms with Crippen molar-refractivity contribution in [1.29, 1.82) is 5.26 Å². The number of nitrogens with zero attached hydrogens (tertiary/aromatic N) is 1. The summed E-state index contributed by atoms with van der Waals surface area (Å²) in [6, 6.07) is 7.95. The van der Waals surface area contributed by atoms with Gasteiger partial charge in [-0.25, -0.2) is 0 Å². The summed E-state index contributed by atoms with van der Waals surface area (Å²) in [6.07, 6.45) is 0. The summed E-state index contributed by atoms with van der Waals surface area (Å²) in [4.78, 5) is 0.715. The molecule has 0 saturated carbocycles. The predicted octanol–water partition coefficient (Wildman–Crippen LogP) is 2.66. The van der Waals surface area contributed by atoms with Crippen molar-refractivity contribution in [2.24, 2.45) is 0 Å². The molecule has 0 amide bonds. The minimum Gasteiger partial charge on any atom is -0.398 e. The van der Waals surface area contributed by atoms with E-state index in [0.717, 1.165) is 21.3 Å². The summed E-state index contributed by atoms with van der Waals surface area (Å²) in [6.45, 7) is 2.00. The fraction of sp³-hybridized carbons (Fsp3) is 0.100. The third-order valence-corrected chi connectivity index (χ3v) is 2.91. The maximum absolute atomic E-state index is 8.72. The van der Waals surface area contributed by atoms with Crippen molar-refractivity contribution in [3.8, 4) is 6.07 Å². The first-order valence-electron chi connectivity index (χ1n) is 3.90. The Bertz CT molecular complexity index is 505. The first kappa shape index (κ1) is 8.09. The summed E-state index contributed by atoms with van der Waals surface area (Å²) >= 11 is 1.48. The van der Waals surface area contributed by atoms with Crippen molar-refractivity contribution in [1.82, 2.24) is 0 Å². The molecule has 2 aromatic rings. The first-order chi connectivity index (χ1) is 6.20. The molecule has 64 valence electrons. The van der Waals surface area contributed by atoms with Gasteiger partial charge in [-0.05, 0) is 30.7 Å². The van der Waals surface area contributed by atoms with Crippen LogP contribution in [0.1, 0.15) is 10.4 Å². The molecule has 2 N–H and O–H groups in total. The second kappa shape index (κ2) is 2.75. The van der Waals surface area contributed by atoms with E-state index in [2.05, 4.69) is 12.1 Å². The fourth-order valence-corrected chi connectivity index (χ4v) is 2.36.